The molecule has 2 unspecified atom stereocenters. The van der Waals surface area contributed by atoms with Crippen molar-refractivity contribution in [3.8, 4) is 0 Å². The van der Waals surface area contributed by atoms with Crippen LogP contribution < -0.4 is 0 Å². The number of hydrogen-bond donors (Lipinski definition) is 1. The van der Waals surface area contributed by atoms with Crippen LogP contribution in [0.25, 0.3) is 0 Å². The van der Waals surface area contributed by atoms with Gasteiger partial charge in [0, 0.05) is 13.0 Å². The van der Waals surface area contributed by atoms with E-state index in [-0.39, 0.29) is 6.10 Å². The maximum Gasteiger partial charge on any atom is 0.116 e. The lowest BCUT2D eigenvalue weighted by Crippen LogP contribution is -2.41. The fourth-order valence-corrected chi connectivity index (χ4v) is 1.24. The summed E-state index contributed by atoms with van der Waals surface area (Å²) in [6, 6.07) is 0. The van der Waals surface area contributed by atoms with Gasteiger partial charge in [0.15, 0.2) is 0 Å². The van der Waals surface area contributed by atoms with Crippen LogP contribution >= 0.6 is 0 Å². The molecule has 0 aromatic rings. The molecule has 1 saturated heterocycles. The highest BCUT2D eigenvalue weighted by Crippen LogP contribution is 2.25. The van der Waals surface area contributed by atoms with E-state index in [9.17, 15) is 5.11 Å². The van der Waals surface area contributed by atoms with Crippen LogP contribution in [0.5, 0.6) is 0 Å². The normalized spacial score (nSPS) is 37.9. The molecular weight excluding hydrogens is 144 g/mol. The first-order chi connectivity index (χ1) is 5.19. The third-order valence-corrected chi connectivity index (χ3v) is 2.22. The summed E-state index contributed by atoms with van der Waals surface area (Å²) < 4.78 is 10.4. The number of ether oxygens (including phenoxy) is 2. The van der Waals surface area contributed by atoms with Crippen molar-refractivity contribution in [2.75, 3.05) is 19.8 Å². The zero-order valence-electron chi connectivity index (χ0n) is 7.17. The number of rotatable bonds is 3. The highest BCUT2D eigenvalue weighted by Gasteiger charge is 2.39. The second kappa shape index (κ2) is 3.52. The monoisotopic (exact) mass is 160 g/mol. The average Bonchev–Trinajstić information content (AvgIpc) is 2.30. The molecule has 11 heavy (non-hydrogen) atoms. The van der Waals surface area contributed by atoms with Gasteiger partial charge < -0.3 is 14.6 Å². The van der Waals surface area contributed by atoms with Crippen molar-refractivity contribution in [1.29, 1.82) is 0 Å². The minimum absolute atomic E-state index is 0.0888. The summed E-state index contributed by atoms with van der Waals surface area (Å²) in [7, 11) is 0. The maximum atomic E-state index is 9.84. The minimum atomic E-state index is -0.740. The molecule has 0 radical (unpaired) electrons. The first-order valence-corrected chi connectivity index (χ1v) is 4.11. The Labute approximate surface area is 67.3 Å². The molecule has 0 spiro atoms. The molecular formula is C8H16O3. The standard InChI is InChI=1S/C8H16O3/c1-3-10-6-8(9)4-5-11-7(8)2/h7,9H,3-6H2,1-2H3. The van der Waals surface area contributed by atoms with Gasteiger partial charge in [0.25, 0.3) is 0 Å². The van der Waals surface area contributed by atoms with Crippen molar-refractivity contribution in [2.45, 2.75) is 32.0 Å². The first-order valence-electron chi connectivity index (χ1n) is 4.11. The van der Waals surface area contributed by atoms with Crippen molar-refractivity contribution in [2.24, 2.45) is 0 Å². The van der Waals surface area contributed by atoms with Gasteiger partial charge in [-0.15, -0.1) is 0 Å². The molecule has 1 N–H and O–H groups in total. The van der Waals surface area contributed by atoms with E-state index >= 15 is 0 Å². The summed E-state index contributed by atoms with van der Waals surface area (Å²) >= 11 is 0. The molecule has 0 aromatic heterocycles. The van der Waals surface area contributed by atoms with E-state index in [1.165, 1.54) is 0 Å². The van der Waals surface area contributed by atoms with E-state index in [4.69, 9.17) is 9.47 Å². The zero-order chi connectivity index (χ0) is 8.32. The molecule has 0 amide bonds. The lowest BCUT2D eigenvalue weighted by atomic mass is 9.98. The van der Waals surface area contributed by atoms with Crippen LogP contribution in [-0.2, 0) is 9.47 Å². The van der Waals surface area contributed by atoms with Gasteiger partial charge in [-0.3, -0.25) is 0 Å². The van der Waals surface area contributed by atoms with Crippen LogP contribution in [0.1, 0.15) is 20.3 Å². The quantitative estimate of drug-likeness (QED) is 0.655. The highest BCUT2D eigenvalue weighted by molar-refractivity contribution is 4.89. The molecule has 66 valence electrons. The lowest BCUT2D eigenvalue weighted by Gasteiger charge is -2.25. The second-order valence-corrected chi connectivity index (χ2v) is 3.00. The van der Waals surface area contributed by atoms with Crippen molar-refractivity contribution in [1.82, 2.24) is 0 Å². The third-order valence-electron chi connectivity index (χ3n) is 2.22. The lowest BCUT2D eigenvalue weighted by molar-refractivity contribution is -0.0805. The topological polar surface area (TPSA) is 38.7 Å². The van der Waals surface area contributed by atoms with Crippen molar-refractivity contribution in [3.05, 3.63) is 0 Å². The Balaban J connectivity index is 2.38. The van der Waals surface area contributed by atoms with E-state index in [1.807, 2.05) is 13.8 Å². The Bertz CT molecular complexity index is 127. The summed E-state index contributed by atoms with van der Waals surface area (Å²) in [5, 5.41) is 9.84. The van der Waals surface area contributed by atoms with E-state index in [2.05, 4.69) is 0 Å². The number of aliphatic hydroxyl groups is 1. The van der Waals surface area contributed by atoms with Crippen LogP contribution in [0.2, 0.25) is 0 Å². The molecule has 2 atom stereocenters. The summed E-state index contributed by atoms with van der Waals surface area (Å²) in [6.45, 7) is 5.49. The van der Waals surface area contributed by atoms with Crippen LogP contribution in [0.4, 0.5) is 0 Å². The Morgan fingerprint density at radius 2 is 2.45 bits per heavy atom. The number of hydrogen-bond acceptors (Lipinski definition) is 3. The smallest absolute Gasteiger partial charge is 0.116 e. The predicted octanol–water partition coefficient (Wildman–Crippen LogP) is 0.563. The van der Waals surface area contributed by atoms with Gasteiger partial charge in [0.2, 0.25) is 0 Å². The second-order valence-electron chi connectivity index (χ2n) is 3.00. The molecule has 3 heteroatoms. The summed E-state index contributed by atoms with van der Waals surface area (Å²) in [4.78, 5) is 0. The fraction of sp³-hybridized carbons (Fsp3) is 1.00. The summed E-state index contributed by atoms with van der Waals surface area (Å²) in [6.07, 6.45) is 0.600. The molecule has 1 aliphatic heterocycles. The Hall–Kier alpha value is -0.120. The summed E-state index contributed by atoms with van der Waals surface area (Å²) in [5.74, 6) is 0. The molecule has 3 nitrogen and oxygen atoms in total. The predicted molar refractivity (Wildman–Crippen MR) is 41.5 cm³/mol. The largest absolute Gasteiger partial charge is 0.385 e. The Kier molecular flexibility index (Phi) is 2.87. The minimum Gasteiger partial charge on any atom is -0.385 e. The summed E-state index contributed by atoms with van der Waals surface area (Å²) in [5.41, 5.74) is -0.740. The van der Waals surface area contributed by atoms with Crippen molar-refractivity contribution in [3.63, 3.8) is 0 Å². The van der Waals surface area contributed by atoms with Gasteiger partial charge in [-0.2, -0.15) is 0 Å². The zero-order valence-corrected chi connectivity index (χ0v) is 7.17. The molecule has 1 rings (SSSR count). The van der Waals surface area contributed by atoms with Gasteiger partial charge >= 0.3 is 0 Å². The highest BCUT2D eigenvalue weighted by atomic mass is 16.5. The van der Waals surface area contributed by atoms with Gasteiger partial charge in [-0.05, 0) is 13.8 Å². The molecule has 0 bridgehead atoms. The van der Waals surface area contributed by atoms with Crippen LogP contribution in [0.3, 0.4) is 0 Å². The van der Waals surface area contributed by atoms with Crippen LogP contribution in [0, 0.1) is 0 Å². The average molecular weight is 160 g/mol. The van der Waals surface area contributed by atoms with E-state index < -0.39 is 5.60 Å². The van der Waals surface area contributed by atoms with E-state index in [0.717, 1.165) is 0 Å². The maximum absolute atomic E-state index is 9.84. The van der Waals surface area contributed by atoms with Crippen molar-refractivity contribution < 1.29 is 14.6 Å². The van der Waals surface area contributed by atoms with E-state index in [0.29, 0.717) is 26.2 Å². The van der Waals surface area contributed by atoms with Gasteiger partial charge in [0.05, 0.1) is 19.3 Å². The third kappa shape index (κ3) is 1.92. The molecule has 0 aromatic carbocycles. The van der Waals surface area contributed by atoms with Crippen LogP contribution in [-0.4, -0.2) is 36.6 Å². The molecule has 1 heterocycles. The van der Waals surface area contributed by atoms with Crippen molar-refractivity contribution >= 4 is 0 Å². The molecule has 0 aliphatic carbocycles. The van der Waals surface area contributed by atoms with Gasteiger partial charge in [-0.25, -0.2) is 0 Å². The molecule has 0 saturated carbocycles. The molecule has 1 aliphatic rings. The van der Waals surface area contributed by atoms with Gasteiger partial charge in [-0.1, -0.05) is 0 Å². The van der Waals surface area contributed by atoms with E-state index in [1.54, 1.807) is 0 Å². The Morgan fingerprint density at radius 3 is 2.91 bits per heavy atom. The Morgan fingerprint density at radius 1 is 1.73 bits per heavy atom. The molecule has 1 fully saturated rings. The van der Waals surface area contributed by atoms with Crippen LogP contribution in [0.15, 0.2) is 0 Å². The van der Waals surface area contributed by atoms with Gasteiger partial charge in [0.1, 0.15) is 5.60 Å². The fourth-order valence-electron chi connectivity index (χ4n) is 1.24. The SMILES string of the molecule is CCOCC1(O)CCOC1C. The first kappa shape index (κ1) is 8.97.